The summed E-state index contributed by atoms with van der Waals surface area (Å²) in [5, 5.41) is 0. The molecule has 0 saturated heterocycles. The van der Waals surface area contributed by atoms with Crippen LogP contribution in [0.1, 0.15) is 22.5 Å². The van der Waals surface area contributed by atoms with E-state index in [1.807, 2.05) is 103 Å². The largest absolute Gasteiger partial charge is 0.492 e. The van der Waals surface area contributed by atoms with Crippen LogP contribution in [0.5, 0.6) is 0 Å². The number of fused-ring (bicyclic) bond motifs is 1. The number of benzene rings is 3. The van der Waals surface area contributed by atoms with Gasteiger partial charge >= 0.3 is 0 Å². The maximum atomic E-state index is 6.62. The summed E-state index contributed by atoms with van der Waals surface area (Å²) in [6.07, 6.45) is 2.14. The molecule has 0 radical (unpaired) electrons. The minimum Gasteiger partial charge on any atom is -0.492 e. The van der Waals surface area contributed by atoms with Crippen molar-refractivity contribution in [1.29, 1.82) is 0 Å². The second-order valence-electron chi connectivity index (χ2n) is 9.69. The quantitative estimate of drug-likeness (QED) is 0.222. The molecular weight excluding hydrogens is 502 g/mol. The van der Waals surface area contributed by atoms with Crippen molar-refractivity contribution < 1.29 is 18.9 Å². The Bertz CT molecular complexity index is 1490. The van der Waals surface area contributed by atoms with Crippen LogP contribution in [0.4, 0.5) is 0 Å². The SMILES string of the molecule is C1=C(c2nc3ncccc3[nH]2)[C@@H](OCc2ccccc2)[C@H](OCc2ccccc2)[C@@H](COCc2ccccc2)O1. The van der Waals surface area contributed by atoms with Crippen LogP contribution in [-0.2, 0) is 38.8 Å². The fourth-order valence-corrected chi connectivity index (χ4v) is 4.76. The van der Waals surface area contributed by atoms with Crippen molar-refractivity contribution in [3.63, 3.8) is 0 Å². The van der Waals surface area contributed by atoms with Crippen LogP contribution in [0.15, 0.2) is 116 Å². The minimum absolute atomic E-state index is 0.338. The number of aromatic nitrogens is 3. The number of aromatic amines is 1. The van der Waals surface area contributed by atoms with Crippen LogP contribution in [0.25, 0.3) is 16.7 Å². The summed E-state index contributed by atoms with van der Waals surface area (Å²) in [6, 6.07) is 34.1. The molecule has 5 aromatic rings. The molecule has 1 N–H and O–H groups in total. The number of imidazole rings is 1. The molecule has 0 fully saturated rings. The molecule has 3 aromatic carbocycles. The first kappa shape index (κ1) is 26.0. The maximum Gasteiger partial charge on any atom is 0.178 e. The van der Waals surface area contributed by atoms with Crippen LogP contribution in [0, 0.1) is 0 Å². The number of ether oxygens (including phenoxy) is 4. The van der Waals surface area contributed by atoms with Gasteiger partial charge in [0.15, 0.2) is 5.65 Å². The van der Waals surface area contributed by atoms with Gasteiger partial charge < -0.3 is 23.9 Å². The molecular formula is C33H31N3O4. The van der Waals surface area contributed by atoms with E-state index in [1.54, 1.807) is 12.5 Å². The average Bonchev–Trinajstić information content (AvgIpc) is 3.45. The Morgan fingerprint density at radius 1 is 0.700 bits per heavy atom. The predicted octanol–water partition coefficient (Wildman–Crippen LogP) is 6.09. The second kappa shape index (κ2) is 12.7. The van der Waals surface area contributed by atoms with Gasteiger partial charge in [-0.25, -0.2) is 9.97 Å². The molecule has 6 rings (SSSR count). The van der Waals surface area contributed by atoms with E-state index in [2.05, 4.69) is 9.97 Å². The van der Waals surface area contributed by atoms with Gasteiger partial charge in [-0.2, -0.15) is 0 Å². The predicted molar refractivity (Wildman–Crippen MR) is 153 cm³/mol. The Hall–Kier alpha value is -4.30. The lowest BCUT2D eigenvalue weighted by molar-refractivity contribution is -0.143. The van der Waals surface area contributed by atoms with Crippen molar-refractivity contribution in [2.45, 2.75) is 38.1 Å². The molecule has 0 aliphatic carbocycles. The molecule has 2 aromatic heterocycles. The lowest BCUT2D eigenvalue weighted by Crippen LogP contribution is -2.47. The summed E-state index contributed by atoms with van der Waals surface area (Å²) >= 11 is 0. The number of H-pyrrole nitrogens is 1. The van der Waals surface area contributed by atoms with Gasteiger partial charge in [-0.15, -0.1) is 0 Å². The van der Waals surface area contributed by atoms with E-state index in [4.69, 9.17) is 23.9 Å². The fraction of sp³-hybridized carbons (Fsp3) is 0.212. The standard InChI is InChI=1S/C33H31N3O4/c1-4-11-24(12-5-1)19-37-23-29-31(40-21-26-15-8-3-9-16-26)30(39-20-25-13-6-2-7-14-25)27(22-38-29)32-35-28-17-10-18-34-33(28)36-32/h1-18,22,29-31H,19-21,23H2,(H,34,35,36)/t29-,30-,31-/m1/s1. The van der Waals surface area contributed by atoms with Crippen molar-refractivity contribution in [1.82, 2.24) is 15.0 Å². The highest BCUT2D eigenvalue weighted by Crippen LogP contribution is 2.32. The number of nitrogens with zero attached hydrogens (tertiary/aromatic N) is 2. The van der Waals surface area contributed by atoms with Crippen LogP contribution in [0.2, 0.25) is 0 Å². The van der Waals surface area contributed by atoms with Gasteiger partial charge in [-0.3, -0.25) is 0 Å². The molecule has 40 heavy (non-hydrogen) atoms. The molecule has 0 unspecified atom stereocenters. The first-order chi connectivity index (χ1) is 19.8. The Labute approximate surface area is 233 Å². The summed E-state index contributed by atoms with van der Waals surface area (Å²) in [5.41, 5.74) is 5.48. The van der Waals surface area contributed by atoms with E-state index in [1.165, 1.54) is 0 Å². The number of nitrogens with one attached hydrogen (secondary N) is 1. The highest BCUT2D eigenvalue weighted by Gasteiger charge is 2.40. The number of hydrogen-bond acceptors (Lipinski definition) is 6. The molecule has 7 nitrogen and oxygen atoms in total. The van der Waals surface area contributed by atoms with E-state index in [0.717, 1.165) is 27.8 Å². The molecule has 1 aliphatic heterocycles. The summed E-state index contributed by atoms with van der Waals surface area (Å²) < 4.78 is 25.6. The van der Waals surface area contributed by atoms with Crippen molar-refractivity contribution in [2.24, 2.45) is 0 Å². The zero-order valence-electron chi connectivity index (χ0n) is 22.1. The summed E-state index contributed by atoms with van der Waals surface area (Å²) in [7, 11) is 0. The fourth-order valence-electron chi connectivity index (χ4n) is 4.76. The third-order valence-corrected chi connectivity index (χ3v) is 6.82. The van der Waals surface area contributed by atoms with Crippen LogP contribution < -0.4 is 0 Å². The van der Waals surface area contributed by atoms with E-state index < -0.39 is 12.2 Å². The third kappa shape index (κ3) is 6.29. The number of rotatable bonds is 11. The second-order valence-corrected chi connectivity index (χ2v) is 9.69. The molecule has 202 valence electrons. The van der Waals surface area contributed by atoms with E-state index in [9.17, 15) is 0 Å². The van der Waals surface area contributed by atoms with Crippen molar-refractivity contribution in [3.8, 4) is 0 Å². The van der Waals surface area contributed by atoms with Crippen molar-refractivity contribution in [3.05, 3.63) is 138 Å². The normalized spacial score (nSPS) is 18.8. The first-order valence-electron chi connectivity index (χ1n) is 13.4. The van der Waals surface area contributed by atoms with E-state index in [0.29, 0.717) is 37.9 Å². The van der Waals surface area contributed by atoms with Crippen LogP contribution in [0.3, 0.4) is 0 Å². The molecule has 3 atom stereocenters. The zero-order valence-corrected chi connectivity index (χ0v) is 22.1. The highest BCUT2D eigenvalue weighted by molar-refractivity contribution is 5.76. The molecule has 1 aliphatic rings. The van der Waals surface area contributed by atoms with Crippen LogP contribution >= 0.6 is 0 Å². The average molecular weight is 534 g/mol. The van der Waals surface area contributed by atoms with Crippen molar-refractivity contribution in [2.75, 3.05) is 6.61 Å². The minimum atomic E-state index is -0.469. The third-order valence-electron chi connectivity index (χ3n) is 6.82. The summed E-state index contributed by atoms with van der Waals surface area (Å²) in [6.45, 7) is 1.63. The van der Waals surface area contributed by atoms with Gasteiger partial charge in [-0.05, 0) is 28.8 Å². The molecule has 7 heteroatoms. The summed E-state index contributed by atoms with van der Waals surface area (Å²) in [4.78, 5) is 12.5. The van der Waals surface area contributed by atoms with Gasteiger partial charge in [0.2, 0.25) is 0 Å². The number of hydrogen-bond donors (Lipinski definition) is 1. The van der Waals surface area contributed by atoms with Gasteiger partial charge in [0.25, 0.3) is 0 Å². The lowest BCUT2D eigenvalue weighted by Gasteiger charge is -2.37. The Morgan fingerprint density at radius 2 is 1.32 bits per heavy atom. The smallest absolute Gasteiger partial charge is 0.178 e. The molecule has 3 heterocycles. The molecule has 0 saturated carbocycles. The Balaban J connectivity index is 1.29. The monoisotopic (exact) mass is 533 g/mol. The Kier molecular flexibility index (Phi) is 8.24. The van der Waals surface area contributed by atoms with E-state index >= 15 is 0 Å². The summed E-state index contributed by atoms with van der Waals surface area (Å²) in [5.74, 6) is 0.642. The molecule has 0 bridgehead atoms. The van der Waals surface area contributed by atoms with Crippen LogP contribution in [-0.4, -0.2) is 39.9 Å². The molecule has 0 amide bonds. The van der Waals surface area contributed by atoms with Gasteiger partial charge in [0, 0.05) is 6.20 Å². The number of pyridine rings is 1. The topological polar surface area (TPSA) is 78.5 Å². The first-order valence-corrected chi connectivity index (χ1v) is 13.4. The maximum absolute atomic E-state index is 6.62. The highest BCUT2D eigenvalue weighted by atomic mass is 16.6. The lowest BCUT2D eigenvalue weighted by atomic mass is 9.97. The molecule has 0 spiro atoms. The van der Waals surface area contributed by atoms with E-state index in [-0.39, 0.29) is 6.10 Å². The Morgan fingerprint density at radius 3 is 1.98 bits per heavy atom. The van der Waals surface area contributed by atoms with Gasteiger partial charge in [0.05, 0.1) is 43.8 Å². The van der Waals surface area contributed by atoms with Gasteiger partial charge in [-0.1, -0.05) is 91.0 Å². The zero-order chi connectivity index (χ0) is 27.0. The van der Waals surface area contributed by atoms with Crippen molar-refractivity contribution >= 4 is 16.7 Å². The van der Waals surface area contributed by atoms with Gasteiger partial charge in [0.1, 0.15) is 24.1 Å².